The highest BCUT2D eigenvalue weighted by Gasteiger charge is 2.07. The van der Waals surface area contributed by atoms with Crippen molar-refractivity contribution in [1.82, 2.24) is 4.98 Å². The van der Waals surface area contributed by atoms with E-state index in [4.69, 9.17) is 10.5 Å². The van der Waals surface area contributed by atoms with Gasteiger partial charge in [0.15, 0.2) is 0 Å². The molecule has 2 aromatic rings. The monoisotopic (exact) mass is 262 g/mol. The second-order valence-corrected chi connectivity index (χ2v) is 5.52. The molecule has 96 valence electrons. The van der Waals surface area contributed by atoms with E-state index >= 15 is 0 Å². The van der Waals surface area contributed by atoms with E-state index in [1.165, 1.54) is 0 Å². The minimum atomic E-state index is 0.482. The van der Waals surface area contributed by atoms with E-state index in [2.05, 4.69) is 24.2 Å². The number of aromatic nitrogens is 1. The van der Waals surface area contributed by atoms with Gasteiger partial charge in [-0.15, -0.1) is 11.3 Å². The normalized spacial score (nSPS) is 10.9. The van der Waals surface area contributed by atoms with Crippen molar-refractivity contribution in [3.63, 3.8) is 0 Å². The first kappa shape index (κ1) is 12.9. The summed E-state index contributed by atoms with van der Waals surface area (Å²) in [5.41, 5.74) is 8.90. The van der Waals surface area contributed by atoms with Gasteiger partial charge in [0.25, 0.3) is 0 Å². The third kappa shape index (κ3) is 2.82. The summed E-state index contributed by atoms with van der Waals surface area (Å²) in [5.74, 6) is 1.21. The highest BCUT2D eigenvalue weighted by atomic mass is 32.1. The largest absolute Gasteiger partial charge is 0.495 e. The van der Waals surface area contributed by atoms with Gasteiger partial charge in [0.1, 0.15) is 5.75 Å². The molecular formula is C14H18N2OS. The average Bonchev–Trinajstić information content (AvgIpc) is 2.78. The Morgan fingerprint density at radius 1 is 1.39 bits per heavy atom. The maximum Gasteiger partial charge on any atom is 0.141 e. The number of methoxy groups -OCH3 is 1. The van der Waals surface area contributed by atoms with Crippen molar-refractivity contribution >= 4 is 17.0 Å². The lowest BCUT2D eigenvalue weighted by Crippen LogP contribution is -1.95. The first-order valence-corrected chi connectivity index (χ1v) is 6.84. The number of nitrogens with zero attached hydrogens (tertiary/aromatic N) is 1. The van der Waals surface area contributed by atoms with Crippen LogP contribution in [0.1, 0.15) is 36.0 Å². The molecule has 1 aromatic carbocycles. The summed E-state index contributed by atoms with van der Waals surface area (Å²) < 4.78 is 5.15. The van der Waals surface area contributed by atoms with E-state index in [-0.39, 0.29) is 0 Å². The predicted molar refractivity (Wildman–Crippen MR) is 76.4 cm³/mol. The van der Waals surface area contributed by atoms with Crippen molar-refractivity contribution in [2.45, 2.75) is 26.2 Å². The molecule has 1 aromatic heterocycles. The Morgan fingerprint density at radius 3 is 2.72 bits per heavy atom. The number of hydrogen-bond donors (Lipinski definition) is 1. The second kappa shape index (κ2) is 5.40. The highest BCUT2D eigenvalue weighted by Crippen LogP contribution is 2.25. The number of benzene rings is 1. The van der Waals surface area contributed by atoms with Crippen molar-refractivity contribution in [1.29, 1.82) is 0 Å². The van der Waals surface area contributed by atoms with Crippen LogP contribution >= 0.6 is 11.3 Å². The van der Waals surface area contributed by atoms with Crippen molar-refractivity contribution in [3.05, 3.63) is 39.8 Å². The zero-order chi connectivity index (χ0) is 13.1. The van der Waals surface area contributed by atoms with Crippen LogP contribution in [0.2, 0.25) is 0 Å². The minimum Gasteiger partial charge on any atom is -0.495 e. The number of rotatable bonds is 4. The van der Waals surface area contributed by atoms with Gasteiger partial charge in [0.2, 0.25) is 0 Å². The summed E-state index contributed by atoms with van der Waals surface area (Å²) >= 11 is 1.71. The molecular weight excluding hydrogens is 244 g/mol. The fourth-order valence-corrected chi connectivity index (χ4v) is 2.73. The summed E-state index contributed by atoms with van der Waals surface area (Å²) in [7, 11) is 1.63. The van der Waals surface area contributed by atoms with Gasteiger partial charge in [-0.3, -0.25) is 0 Å². The van der Waals surface area contributed by atoms with Gasteiger partial charge >= 0.3 is 0 Å². The fourth-order valence-electron chi connectivity index (χ4n) is 1.74. The van der Waals surface area contributed by atoms with Gasteiger partial charge < -0.3 is 10.5 Å². The standard InChI is InChI=1S/C14H18N2OS/c1-9(2)12-8-18-14(16-12)7-10-4-5-13(17-3)11(15)6-10/h4-6,8-9H,7,15H2,1-3H3. The van der Waals surface area contributed by atoms with Gasteiger partial charge in [-0.1, -0.05) is 19.9 Å². The zero-order valence-electron chi connectivity index (χ0n) is 10.9. The number of ether oxygens (including phenoxy) is 1. The Hall–Kier alpha value is -1.55. The van der Waals surface area contributed by atoms with Crippen LogP contribution in [0.4, 0.5) is 5.69 Å². The number of nitrogen functional groups attached to an aromatic ring is 1. The van der Waals surface area contributed by atoms with Gasteiger partial charge in [-0.05, 0) is 23.6 Å². The molecule has 2 N–H and O–H groups in total. The van der Waals surface area contributed by atoms with Gasteiger partial charge in [-0.25, -0.2) is 4.98 Å². The maximum atomic E-state index is 5.90. The van der Waals surface area contributed by atoms with Crippen LogP contribution in [-0.4, -0.2) is 12.1 Å². The Morgan fingerprint density at radius 2 is 2.17 bits per heavy atom. The van der Waals surface area contributed by atoms with Crippen LogP contribution in [0.15, 0.2) is 23.6 Å². The molecule has 1 heterocycles. The Labute approximate surface area is 112 Å². The fraction of sp³-hybridized carbons (Fsp3) is 0.357. The maximum absolute atomic E-state index is 5.90. The Kier molecular flexibility index (Phi) is 3.87. The number of hydrogen-bond acceptors (Lipinski definition) is 4. The molecule has 0 saturated carbocycles. The zero-order valence-corrected chi connectivity index (χ0v) is 11.8. The number of thiazole rings is 1. The molecule has 0 atom stereocenters. The van der Waals surface area contributed by atoms with Crippen LogP contribution in [-0.2, 0) is 6.42 Å². The van der Waals surface area contributed by atoms with Crippen LogP contribution in [0.3, 0.4) is 0 Å². The lowest BCUT2D eigenvalue weighted by molar-refractivity contribution is 0.417. The molecule has 0 radical (unpaired) electrons. The quantitative estimate of drug-likeness (QED) is 0.858. The first-order valence-electron chi connectivity index (χ1n) is 5.97. The molecule has 0 fully saturated rings. The van der Waals surface area contributed by atoms with E-state index < -0.39 is 0 Å². The highest BCUT2D eigenvalue weighted by molar-refractivity contribution is 7.09. The van der Waals surface area contributed by atoms with Crippen LogP contribution < -0.4 is 10.5 Å². The summed E-state index contributed by atoms with van der Waals surface area (Å²) in [6, 6.07) is 5.89. The molecule has 2 rings (SSSR count). The number of nitrogens with two attached hydrogens (primary N) is 1. The molecule has 0 aliphatic rings. The van der Waals surface area contributed by atoms with Crippen molar-refractivity contribution in [2.75, 3.05) is 12.8 Å². The smallest absolute Gasteiger partial charge is 0.141 e. The van der Waals surface area contributed by atoms with Gasteiger partial charge in [0, 0.05) is 11.8 Å². The molecule has 3 nitrogen and oxygen atoms in total. The Balaban J connectivity index is 2.15. The SMILES string of the molecule is COc1ccc(Cc2nc(C(C)C)cs2)cc1N. The molecule has 0 amide bonds. The molecule has 4 heteroatoms. The van der Waals surface area contributed by atoms with Crippen LogP contribution in [0, 0.1) is 0 Å². The summed E-state index contributed by atoms with van der Waals surface area (Å²) in [4.78, 5) is 4.62. The molecule has 0 bridgehead atoms. The lowest BCUT2D eigenvalue weighted by Gasteiger charge is -2.06. The van der Waals surface area contributed by atoms with E-state index in [0.29, 0.717) is 11.6 Å². The van der Waals surface area contributed by atoms with Gasteiger partial charge in [-0.2, -0.15) is 0 Å². The molecule has 0 saturated heterocycles. The topological polar surface area (TPSA) is 48.1 Å². The van der Waals surface area contributed by atoms with Crippen molar-refractivity contribution in [3.8, 4) is 5.75 Å². The van der Waals surface area contributed by atoms with Crippen molar-refractivity contribution < 1.29 is 4.74 Å². The van der Waals surface area contributed by atoms with Crippen LogP contribution in [0.5, 0.6) is 5.75 Å². The number of anilines is 1. The summed E-state index contributed by atoms with van der Waals surface area (Å²) in [6.45, 7) is 4.31. The molecule has 0 unspecified atom stereocenters. The molecule has 0 spiro atoms. The minimum absolute atomic E-state index is 0.482. The molecule has 18 heavy (non-hydrogen) atoms. The summed E-state index contributed by atoms with van der Waals surface area (Å²) in [5, 5.41) is 3.26. The van der Waals surface area contributed by atoms with Crippen molar-refractivity contribution in [2.24, 2.45) is 0 Å². The summed E-state index contributed by atoms with van der Waals surface area (Å²) in [6.07, 6.45) is 0.825. The second-order valence-electron chi connectivity index (χ2n) is 4.57. The Bertz CT molecular complexity index is 534. The van der Waals surface area contributed by atoms with Crippen LogP contribution in [0.25, 0.3) is 0 Å². The third-order valence-corrected chi connectivity index (χ3v) is 3.68. The van der Waals surface area contributed by atoms with Gasteiger partial charge in [0.05, 0.1) is 23.5 Å². The van der Waals surface area contributed by atoms with E-state index in [0.717, 1.165) is 28.4 Å². The first-order chi connectivity index (χ1) is 8.60. The lowest BCUT2D eigenvalue weighted by atomic mass is 10.1. The van der Waals surface area contributed by atoms with E-state index in [1.54, 1.807) is 18.4 Å². The van der Waals surface area contributed by atoms with E-state index in [1.807, 2.05) is 18.2 Å². The molecule has 0 aliphatic carbocycles. The molecule has 0 aliphatic heterocycles. The van der Waals surface area contributed by atoms with E-state index in [9.17, 15) is 0 Å². The third-order valence-electron chi connectivity index (χ3n) is 2.81. The average molecular weight is 262 g/mol. The predicted octanol–water partition coefficient (Wildman–Crippen LogP) is 3.45.